The normalized spacial score (nSPS) is 10.2. The molecule has 6 nitrogen and oxygen atoms in total. The van der Waals surface area contributed by atoms with Crippen LogP contribution in [-0.4, -0.2) is 10.9 Å². The number of benzene rings is 3. The fraction of sp³-hybridized carbons (Fsp3) is 0.0385. The Hall–Kier alpha value is -4.63. The van der Waals surface area contributed by atoms with Crippen molar-refractivity contribution in [2.24, 2.45) is 0 Å². The second-order valence-electron chi connectivity index (χ2n) is 7.06. The van der Waals surface area contributed by atoms with E-state index in [1.807, 2.05) is 42.5 Å². The molecule has 0 bridgehead atoms. The van der Waals surface area contributed by atoms with Crippen molar-refractivity contribution in [1.82, 2.24) is 15.8 Å². The molecule has 1 aromatic heterocycles. The van der Waals surface area contributed by atoms with E-state index in [1.165, 1.54) is 0 Å². The smallest absolute Gasteiger partial charge is 0.269 e. The number of hydrogen-bond donors (Lipinski definition) is 2. The standard InChI is InChI=1S/C26H20N4O2/c1-18(21-11-7-19(16-27)8-12-21)29-30-26(31)23-13-9-20(10-14-23)17-32-24-6-2-4-22-5-3-15-28-25(22)24/h2-15,29H,1,17H2,(H,30,31). The maximum atomic E-state index is 12.4. The van der Waals surface area contributed by atoms with Gasteiger partial charge in [0.15, 0.2) is 0 Å². The third-order valence-corrected chi connectivity index (χ3v) is 4.90. The van der Waals surface area contributed by atoms with Crippen molar-refractivity contribution < 1.29 is 9.53 Å². The van der Waals surface area contributed by atoms with Gasteiger partial charge in [0.2, 0.25) is 0 Å². The minimum atomic E-state index is -0.287. The van der Waals surface area contributed by atoms with Crippen LogP contribution in [0.15, 0.2) is 91.6 Å². The van der Waals surface area contributed by atoms with Gasteiger partial charge in [-0.25, -0.2) is 0 Å². The van der Waals surface area contributed by atoms with Crippen LogP contribution in [0.3, 0.4) is 0 Å². The van der Waals surface area contributed by atoms with Gasteiger partial charge in [-0.1, -0.05) is 49.0 Å². The molecule has 0 atom stereocenters. The predicted octanol–water partition coefficient (Wildman–Crippen LogP) is 4.59. The molecule has 4 rings (SSSR count). The molecule has 3 aromatic carbocycles. The number of ether oxygens (including phenoxy) is 1. The number of aromatic nitrogens is 1. The molecule has 0 aliphatic rings. The monoisotopic (exact) mass is 420 g/mol. The van der Waals surface area contributed by atoms with Crippen LogP contribution >= 0.6 is 0 Å². The lowest BCUT2D eigenvalue weighted by Gasteiger charge is -2.12. The lowest BCUT2D eigenvalue weighted by atomic mass is 10.1. The maximum absolute atomic E-state index is 12.4. The van der Waals surface area contributed by atoms with Crippen molar-refractivity contribution in [3.8, 4) is 11.8 Å². The van der Waals surface area contributed by atoms with Crippen molar-refractivity contribution in [2.45, 2.75) is 6.61 Å². The van der Waals surface area contributed by atoms with Gasteiger partial charge in [-0.05, 0) is 47.5 Å². The molecule has 4 aromatic rings. The van der Waals surface area contributed by atoms with Crippen LogP contribution in [0, 0.1) is 11.3 Å². The first kappa shape index (κ1) is 20.6. The summed E-state index contributed by atoms with van der Waals surface area (Å²) < 4.78 is 5.94. The number of rotatable bonds is 7. The minimum Gasteiger partial charge on any atom is -0.487 e. The van der Waals surface area contributed by atoms with Gasteiger partial charge in [-0.2, -0.15) is 5.26 Å². The quantitative estimate of drug-likeness (QED) is 0.427. The van der Waals surface area contributed by atoms with E-state index in [0.717, 1.165) is 27.8 Å². The second kappa shape index (κ2) is 9.45. The number of hydrazine groups is 1. The van der Waals surface area contributed by atoms with Gasteiger partial charge in [0.05, 0.1) is 17.3 Å². The Balaban J connectivity index is 1.33. The van der Waals surface area contributed by atoms with Gasteiger partial charge in [0, 0.05) is 17.1 Å². The molecular formula is C26H20N4O2. The molecule has 0 aliphatic carbocycles. The Bertz CT molecular complexity index is 1300. The molecule has 0 radical (unpaired) electrons. The number of carbonyl (C=O) groups is 1. The Kier molecular flexibility index (Phi) is 6.10. The lowest BCUT2D eigenvalue weighted by molar-refractivity contribution is 0.0942. The van der Waals surface area contributed by atoms with Crippen LogP contribution in [0.1, 0.15) is 27.0 Å². The van der Waals surface area contributed by atoms with Gasteiger partial charge < -0.3 is 4.74 Å². The van der Waals surface area contributed by atoms with E-state index >= 15 is 0 Å². The first-order valence-corrected chi connectivity index (χ1v) is 9.95. The first-order valence-electron chi connectivity index (χ1n) is 9.95. The van der Waals surface area contributed by atoms with Gasteiger partial charge in [0.25, 0.3) is 5.91 Å². The maximum Gasteiger partial charge on any atom is 0.269 e. The molecule has 156 valence electrons. The lowest BCUT2D eigenvalue weighted by Crippen LogP contribution is -2.35. The number of amides is 1. The van der Waals surface area contributed by atoms with Crippen LogP contribution in [0.2, 0.25) is 0 Å². The van der Waals surface area contributed by atoms with E-state index in [-0.39, 0.29) is 5.91 Å². The summed E-state index contributed by atoms with van der Waals surface area (Å²) in [5.74, 6) is 0.431. The summed E-state index contributed by atoms with van der Waals surface area (Å²) in [5.41, 5.74) is 9.55. The van der Waals surface area contributed by atoms with Crippen molar-refractivity contribution in [1.29, 1.82) is 5.26 Å². The van der Waals surface area contributed by atoms with E-state index in [2.05, 4.69) is 28.5 Å². The van der Waals surface area contributed by atoms with Crippen LogP contribution < -0.4 is 15.6 Å². The van der Waals surface area contributed by atoms with Gasteiger partial charge in [0.1, 0.15) is 17.9 Å². The average Bonchev–Trinajstić information content (AvgIpc) is 2.86. The SMILES string of the molecule is C=C(NNC(=O)c1ccc(COc2cccc3cccnc23)cc1)c1ccc(C#N)cc1. The zero-order valence-corrected chi connectivity index (χ0v) is 17.2. The predicted molar refractivity (Wildman–Crippen MR) is 123 cm³/mol. The van der Waals surface area contributed by atoms with E-state index in [9.17, 15) is 4.79 Å². The number of nitriles is 1. The fourth-order valence-electron chi connectivity index (χ4n) is 3.13. The number of pyridine rings is 1. The molecule has 0 unspecified atom stereocenters. The van der Waals surface area contributed by atoms with Crippen LogP contribution in [0.25, 0.3) is 16.6 Å². The fourth-order valence-corrected chi connectivity index (χ4v) is 3.13. The third kappa shape index (κ3) is 4.74. The average molecular weight is 420 g/mol. The third-order valence-electron chi connectivity index (χ3n) is 4.90. The molecule has 2 N–H and O–H groups in total. The summed E-state index contributed by atoms with van der Waals surface area (Å²) in [4.78, 5) is 16.8. The van der Waals surface area contributed by atoms with Crippen LogP contribution in [0.5, 0.6) is 5.75 Å². The Morgan fingerprint density at radius 1 is 0.938 bits per heavy atom. The molecule has 1 heterocycles. The highest BCUT2D eigenvalue weighted by Crippen LogP contribution is 2.24. The highest BCUT2D eigenvalue weighted by Gasteiger charge is 2.08. The van der Waals surface area contributed by atoms with E-state index in [0.29, 0.717) is 23.4 Å². The van der Waals surface area contributed by atoms with Gasteiger partial charge in [-0.3, -0.25) is 20.6 Å². The Morgan fingerprint density at radius 3 is 2.41 bits per heavy atom. The van der Waals surface area contributed by atoms with Crippen LogP contribution in [0.4, 0.5) is 0 Å². The molecule has 0 saturated heterocycles. The summed E-state index contributed by atoms with van der Waals surface area (Å²) in [6.45, 7) is 4.27. The molecule has 0 aliphatic heterocycles. The second-order valence-corrected chi connectivity index (χ2v) is 7.06. The summed E-state index contributed by atoms with van der Waals surface area (Å²) in [6.07, 6.45) is 1.74. The summed E-state index contributed by atoms with van der Waals surface area (Å²) in [7, 11) is 0. The summed E-state index contributed by atoms with van der Waals surface area (Å²) >= 11 is 0. The number of nitrogens with one attached hydrogen (secondary N) is 2. The molecule has 0 fully saturated rings. The molecule has 6 heteroatoms. The highest BCUT2D eigenvalue weighted by molar-refractivity contribution is 5.94. The van der Waals surface area contributed by atoms with E-state index < -0.39 is 0 Å². The number of nitrogens with zero attached hydrogens (tertiary/aromatic N) is 2. The topological polar surface area (TPSA) is 87.0 Å². The Labute approximate surface area is 185 Å². The zero-order chi connectivity index (χ0) is 22.3. The van der Waals surface area contributed by atoms with Crippen LogP contribution in [-0.2, 0) is 6.61 Å². The molecular weight excluding hydrogens is 400 g/mol. The van der Waals surface area contributed by atoms with E-state index in [4.69, 9.17) is 10.00 Å². The molecule has 32 heavy (non-hydrogen) atoms. The van der Waals surface area contributed by atoms with Crippen molar-refractivity contribution >= 4 is 22.5 Å². The highest BCUT2D eigenvalue weighted by atomic mass is 16.5. The molecule has 0 saturated carbocycles. The first-order chi connectivity index (χ1) is 15.6. The summed E-state index contributed by atoms with van der Waals surface area (Å²) in [5, 5.41) is 9.89. The molecule has 1 amide bonds. The summed E-state index contributed by atoms with van der Waals surface area (Å²) in [6, 6.07) is 25.9. The van der Waals surface area contributed by atoms with E-state index in [1.54, 1.807) is 42.6 Å². The molecule has 0 spiro atoms. The van der Waals surface area contributed by atoms with Crippen molar-refractivity contribution in [3.63, 3.8) is 0 Å². The van der Waals surface area contributed by atoms with Gasteiger partial charge >= 0.3 is 0 Å². The number of fused-ring (bicyclic) bond motifs is 1. The number of hydrogen-bond acceptors (Lipinski definition) is 5. The van der Waals surface area contributed by atoms with Crippen molar-refractivity contribution in [2.75, 3.05) is 0 Å². The number of carbonyl (C=O) groups excluding carboxylic acids is 1. The van der Waals surface area contributed by atoms with Gasteiger partial charge in [-0.15, -0.1) is 0 Å². The van der Waals surface area contributed by atoms with Crippen molar-refractivity contribution in [3.05, 3.63) is 114 Å². The number of para-hydroxylation sites is 1. The largest absolute Gasteiger partial charge is 0.487 e. The zero-order valence-electron chi connectivity index (χ0n) is 17.2. The minimum absolute atomic E-state index is 0.287. The Morgan fingerprint density at radius 2 is 1.66 bits per heavy atom.